The third kappa shape index (κ3) is 0.731. The summed E-state index contributed by atoms with van der Waals surface area (Å²) in [5.74, 6) is 0. The SMILES string of the molecule is Cn1c(=O)n2n(c1=O)CC=CC2. The van der Waals surface area contributed by atoms with Gasteiger partial charge in [0, 0.05) is 7.05 Å². The van der Waals surface area contributed by atoms with Crippen LogP contribution >= 0.6 is 0 Å². The number of nitrogens with zero attached hydrogens (tertiary/aromatic N) is 3. The van der Waals surface area contributed by atoms with E-state index in [1.807, 2.05) is 12.2 Å². The molecule has 64 valence electrons. The van der Waals surface area contributed by atoms with Crippen molar-refractivity contribution in [1.82, 2.24) is 13.9 Å². The van der Waals surface area contributed by atoms with Gasteiger partial charge in [-0.05, 0) is 0 Å². The second-order valence-electron chi connectivity index (χ2n) is 2.76. The Hall–Kier alpha value is -1.52. The molecular formula is C7H9N3O2. The van der Waals surface area contributed by atoms with E-state index in [1.54, 1.807) is 0 Å². The van der Waals surface area contributed by atoms with Gasteiger partial charge in [-0.3, -0.25) is 0 Å². The average Bonchev–Trinajstić information content (AvgIpc) is 2.33. The van der Waals surface area contributed by atoms with Crippen LogP contribution in [-0.4, -0.2) is 13.9 Å². The highest BCUT2D eigenvalue weighted by Gasteiger charge is 2.12. The molecule has 0 saturated carbocycles. The minimum absolute atomic E-state index is 0.246. The lowest BCUT2D eigenvalue weighted by Gasteiger charge is -2.08. The molecule has 0 aromatic carbocycles. The Bertz CT molecular complexity index is 407. The molecule has 5 nitrogen and oxygen atoms in total. The number of rotatable bonds is 0. The summed E-state index contributed by atoms with van der Waals surface area (Å²) < 4.78 is 3.98. The van der Waals surface area contributed by atoms with Crippen molar-refractivity contribution < 1.29 is 0 Å². The van der Waals surface area contributed by atoms with Crippen LogP contribution in [0.1, 0.15) is 0 Å². The Morgan fingerprint density at radius 2 is 1.50 bits per heavy atom. The van der Waals surface area contributed by atoms with Crippen LogP contribution in [0.2, 0.25) is 0 Å². The van der Waals surface area contributed by atoms with Crippen molar-refractivity contribution in [3.05, 3.63) is 33.1 Å². The maximum Gasteiger partial charge on any atom is 0.347 e. The van der Waals surface area contributed by atoms with Crippen LogP contribution in [0.4, 0.5) is 0 Å². The Morgan fingerprint density at radius 1 is 1.08 bits per heavy atom. The van der Waals surface area contributed by atoms with Gasteiger partial charge in [-0.25, -0.2) is 23.5 Å². The molecule has 0 bridgehead atoms. The van der Waals surface area contributed by atoms with E-state index >= 15 is 0 Å². The highest BCUT2D eigenvalue weighted by molar-refractivity contribution is 4.89. The van der Waals surface area contributed by atoms with Crippen LogP contribution < -0.4 is 11.4 Å². The largest absolute Gasteiger partial charge is 0.347 e. The minimum atomic E-state index is -0.246. The van der Waals surface area contributed by atoms with E-state index in [1.165, 1.54) is 16.4 Å². The van der Waals surface area contributed by atoms with Gasteiger partial charge in [0.2, 0.25) is 0 Å². The van der Waals surface area contributed by atoms with Gasteiger partial charge < -0.3 is 0 Å². The Kier molecular flexibility index (Phi) is 1.33. The first-order valence-corrected chi connectivity index (χ1v) is 3.73. The molecule has 0 N–H and O–H groups in total. The molecule has 0 fully saturated rings. The predicted octanol–water partition coefficient (Wildman–Crippen LogP) is -1.08. The maximum absolute atomic E-state index is 11.3. The molecule has 2 heterocycles. The Morgan fingerprint density at radius 3 is 1.92 bits per heavy atom. The highest BCUT2D eigenvalue weighted by Crippen LogP contribution is 1.91. The van der Waals surface area contributed by atoms with Crippen molar-refractivity contribution in [3.8, 4) is 0 Å². The second kappa shape index (κ2) is 2.23. The number of fused-ring (bicyclic) bond motifs is 1. The Balaban J connectivity index is 2.81. The number of allylic oxidation sites excluding steroid dienone is 2. The average molecular weight is 167 g/mol. The van der Waals surface area contributed by atoms with Crippen LogP contribution in [-0.2, 0) is 20.1 Å². The first-order valence-electron chi connectivity index (χ1n) is 3.73. The third-order valence-electron chi connectivity index (χ3n) is 2.03. The zero-order valence-electron chi connectivity index (χ0n) is 6.73. The molecule has 1 aromatic heterocycles. The fourth-order valence-corrected chi connectivity index (χ4v) is 1.34. The molecule has 0 amide bonds. The normalized spacial score (nSPS) is 14.8. The fourth-order valence-electron chi connectivity index (χ4n) is 1.34. The van der Waals surface area contributed by atoms with E-state index in [2.05, 4.69) is 0 Å². The summed E-state index contributed by atoms with van der Waals surface area (Å²) in [5, 5.41) is 0. The molecule has 0 aliphatic carbocycles. The topological polar surface area (TPSA) is 48.9 Å². The number of hydrogen-bond donors (Lipinski definition) is 0. The van der Waals surface area contributed by atoms with Gasteiger partial charge in [-0.1, -0.05) is 12.2 Å². The third-order valence-corrected chi connectivity index (χ3v) is 2.03. The molecule has 1 aromatic rings. The number of aromatic nitrogens is 3. The van der Waals surface area contributed by atoms with Gasteiger partial charge in [0.25, 0.3) is 0 Å². The molecule has 12 heavy (non-hydrogen) atoms. The molecule has 2 rings (SSSR count). The van der Waals surface area contributed by atoms with Crippen molar-refractivity contribution in [2.24, 2.45) is 7.05 Å². The van der Waals surface area contributed by atoms with Crippen LogP contribution in [0.5, 0.6) is 0 Å². The molecule has 1 aliphatic rings. The molecule has 0 spiro atoms. The van der Waals surface area contributed by atoms with Crippen LogP contribution in [0.15, 0.2) is 21.7 Å². The monoisotopic (exact) mass is 167 g/mol. The van der Waals surface area contributed by atoms with Gasteiger partial charge in [-0.2, -0.15) is 0 Å². The van der Waals surface area contributed by atoms with E-state index in [4.69, 9.17) is 0 Å². The van der Waals surface area contributed by atoms with E-state index in [0.717, 1.165) is 4.57 Å². The summed E-state index contributed by atoms with van der Waals surface area (Å²) in [6.07, 6.45) is 3.75. The first kappa shape index (κ1) is 7.15. The van der Waals surface area contributed by atoms with Crippen molar-refractivity contribution in [2.75, 3.05) is 0 Å². The highest BCUT2D eigenvalue weighted by atomic mass is 16.2. The molecule has 0 unspecified atom stereocenters. The van der Waals surface area contributed by atoms with Crippen LogP contribution in [0.3, 0.4) is 0 Å². The van der Waals surface area contributed by atoms with Crippen molar-refractivity contribution >= 4 is 0 Å². The van der Waals surface area contributed by atoms with Crippen molar-refractivity contribution in [2.45, 2.75) is 13.1 Å². The summed E-state index contributed by atoms with van der Waals surface area (Å²) in [7, 11) is 1.49. The number of hydrogen-bond acceptors (Lipinski definition) is 2. The molecule has 0 atom stereocenters. The van der Waals surface area contributed by atoms with Gasteiger partial charge in [0.1, 0.15) is 0 Å². The van der Waals surface area contributed by atoms with E-state index < -0.39 is 0 Å². The molecule has 5 heteroatoms. The van der Waals surface area contributed by atoms with E-state index in [0.29, 0.717) is 13.1 Å². The van der Waals surface area contributed by atoms with E-state index in [9.17, 15) is 9.59 Å². The van der Waals surface area contributed by atoms with Crippen LogP contribution in [0.25, 0.3) is 0 Å². The van der Waals surface area contributed by atoms with Gasteiger partial charge in [0.15, 0.2) is 0 Å². The summed E-state index contributed by atoms with van der Waals surface area (Å²) in [6.45, 7) is 0.990. The predicted molar refractivity (Wildman–Crippen MR) is 43.1 cm³/mol. The zero-order valence-corrected chi connectivity index (χ0v) is 6.73. The molecule has 1 aliphatic heterocycles. The zero-order chi connectivity index (χ0) is 8.72. The Labute approximate surface area is 68.1 Å². The lowest BCUT2D eigenvalue weighted by molar-refractivity contribution is 0.482. The summed E-state index contributed by atoms with van der Waals surface area (Å²) >= 11 is 0. The second-order valence-corrected chi connectivity index (χ2v) is 2.76. The van der Waals surface area contributed by atoms with Gasteiger partial charge in [0.05, 0.1) is 13.1 Å². The summed E-state index contributed by atoms with van der Waals surface area (Å²) in [6, 6.07) is 0. The lowest BCUT2D eigenvalue weighted by Crippen LogP contribution is -2.28. The molecule has 0 radical (unpaired) electrons. The quantitative estimate of drug-likeness (QED) is 0.461. The minimum Gasteiger partial charge on any atom is -0.246 e. The maximum atomic E-state index is 11.3. The van der Waals surface area contributed by atoms with Crippen molar-refractivity contribution in [3.63, 3.8) is 0 Å². The van der Waals surface area contributed by atoms with E-state index in [-0.39, 0.29) is 11.4 Å². The smallest absolute Gasteiger partial charge is 0.246 e. The van der Waals surface area contributed by atoms with Gasteiger partial charge >= 0.3 is 11.4 Å². The first-order chi connectivity index (χ1) is 5.72. The molecular weight excluding hydrogens is 158 g/mol. The standard InChI is InChI=1S/C7H9N3O2/c1-8-6(11)9-4-2-3-5-10(9)7(8)12/h2-3H,4-5H2,1H3. The van der Waals surface area contributed by atoms with Crippen LogP contribution in [0, 0.1) is 0 Å². The van der Waals surface area contributed by atoms with Crippen molar-refractivity contribution in [1.29, 1.82) is 0 Å². The molecule has 0 saturated heterocycles. The fraction of sp³-hybridized carbons (Fsp3) is 0.429. The summed E-state index contributed by atoms with van der Waals surface area (Å²) in [4.78, 5) is 22.6. The lowest BCUT2D eigenvalue weighted by atomic mass is 10.4. The van der Waals surface area contributed by atoms with Gasteiger partial charge in [-0.15, -0.1) is 0 Å². The summed E-state index contributed by atoms with van der Waals surface area (Å²) in [5.41, 5.74) is -0.492.